The molecule has 11 aromatic rings. The van der Waals surface area contributed by atoms with Crippen molar-refractivity contribution in [2.24, 2.45) is 0 Å². The first-order chi connectivity index (χ1) is 63.4. The molecule has 38 nitrogen and oxygen atoms in total. The normalized spacial score (nSPS) is 15.3. The third-order valence-electron chi connectivity index (χ3n) is 23.2. The largest absolute Gasteiger partial charge is 0.385 e. The first-order valence-electron chi connectivity index (χ1n) is 43.9. The summed E-state index contributed by atoms with van der Waals surface area (Å²) in [7, 11) is 8.65. The molecule has 5 saturated heterocycles. The number of piperazine rings is 3. The molecule has 16 rings (SSSR count). The smallest absolute Gasteiger partial charge is 0.322 e. The van der Waals surface area contributed by atoms with Gasteiger partial charge in [-0.3, -0.25) is 48.2 Å². The molecule has 6 amide bonds. The van der Waals surface area contributed by atoms with Crippen molar-refractivity contribution in [1.82, 2.24) is 84.3 Å². The highest BCUT2D eigenvalue weighted by molar-refractivity contribution is 6.06. The van der Waals surface area contributed by atoms with E-state index in [1.54, 1.807) is 169 Å². The molecule has 12 N–H and O–H groups in total. The molecule has 5 aliphatic heterocycles. The number of anilines is 11. The highest BCUT2D eigenvalue weighted by Gasteiger charge is 2.31. The van der Waals surface area contributed by atoms with Crippen LogP contribution in [0.3, 0.4) is 0 Å². The zero-order valence-electron chi connectivity index (χ0n) is 75.2. The maximum Gasteiger partial charge on any atom is 0.322 e. The number of carbonyl (C=O) groups is 5. The molecule has 0 saturated carbocycles. The number of hydrogen-bond acceptors (Lipinski definition) is 28. The second-order valence-electron chi connectivity index (χ2n) is 32.8. The topological polar surface area (TPSA) is 451 Å². The molecular formula is C93H114N28O10. The SMILES string of the molecule is CNc1nccc(-c2c[nH]c(=O)c(NC(=O)N3CCN(C(C)(C)C)CC3)c2)n1.CNc1nccc(-c2c[nH]c(=O)c(NC(=O)c3ccc(N4CCC[C@@H]4CN4CCCC4)cc3)c2)n1.CNc1nccc(-c2c[nH]c(=O)c(NC(=O)c3ccc(N4CCN(C(C)=O)CC4)cc3)c2)n1.CNc1nccc(-c2c[nH]c(=O)c(NC(=O)c3ccc(N4CCN(CCCOC)CC4)cc3)c2)n1. The van der Waals surface area contributed by atoms with Crippen LogP contribution in [0.15, 0.2) is 190 Å². The number of pyridine rings is 4. The molecule has 8 aromatic heterocycles. The molecule has 5 fully saturated rings. The van der Waals surface area contributed by atoms with Crippen LogP contribution >= 0.6 is 0 Å². The van der Waals surface area contributed by atoms with Crippen molar-refractivity contribution in [2.75, 3.05) is 210 Å². The third-order valence-corrected chi connectivity index (χ3v) is 23.2. The standard InChI is InChI=1S/C26H31N7O2.C25H31N7O3.C23H25N7O3.C19H27N7O2/c1-27-26-28-11-10-22(31-26)19-15-23(25(35)29-16-19)30-24(34)18-6-8-20(9-7-18)33-14-4-5-21(33)17-32-12-2-3-13-32;1-26-25-27-9-8-21(30-25)19-16-22(24(34)28-17-19)29-23(33)18-4-6-20(7-5-18)32-13-11-31(12-14-32)10-3-15-35-2;1-15(31)29-9-11-30(12-10-29)18-5-3-16(4-6-18)21(32)27-20-13-17(14-26-22(20)33)19-7-8-25-23(24-2)28-19;1-19(2,3)26-9-7-25(8-10-26)18(28)24-15-11-13(12-22-16(15)27)14-5-6-21-17(20-4)23-14/h6-11,15-16,21H,2-5,12-14,17H2,1H3,(H,29,35)(H,30,34)(H,27,28,31);4-9,16-17H,3,10-15H2,1-2H3,(H,28,34)(H,29,33)(H,26,27,30);3-8,13-14H,9-12H2,1-2H3,(H,26,33)(H,27,32)(H,24,25,28);5-6,11-12H,7-10H2,1-4H3,(H,22,27)(H,24,28)(H,20,21,23)/t21-;;;/m1.../s1. The quantitative estimate of drug-likeness (QED) is 0.0251. The summed E-state index contributed by atoms with van der Waals surface area (Å²) in [6.07, 6.45) is 18.8. The van der Waals surface area contributed by atoms with Gasteiger partial charge in [0, 0.05) is 264 Å². The van der Waals surface area contributed by atoms with Crippen molar-refractivity contribution >= 4 is 93.3 Å². The van der Waals surface area contributed by atoms with Crippen molar-refractivity contribution in [2.45, 2.75) is 71.4 Å². The van der Waals surface area contributed by atoms with Crippen LogP contribution in [0.25, 0.3) is 45.0 Å². The Hall–Kier alpha value is -14.6. The number of benzene rings is 3. The molecule has 0 bridgehead atoms. The maximum atomic E-state index is 12.9. The molecule has 0 unspecified atom stereocenters. The lowest BCUT2D eigenvalue weighted by atomic mass is 10.1. The molecule has 5 aliphatic rings. The second-order valence-corrected chi connectivity index (χ2v) is 32.8. The summed E-state index contributed by atoms with van der Waals surface area (Å²) < 4.78 is 5.14. The number of methoxy groups -OCH3 is 1. The number of ether oxygens (including phenoxy) is 1. The average molecular weight is 1780 g/mol. The fourth-order valence-electron chi connectivity index (χ4n) is 15.8. The molecule has 686 valence electrons. The molecule has 13 heterocycles. The van der Waals surface area contributed by atoms with E-state index in [1.807, 2.05) is 53.4 Å². The van der Waals surface area contributed by atoms with Gasteiger partial charge in [0.1, 0.15) is 22.7 Å². The first kappa shape index (κ1) is 94.0. The van der Waals surface area contributed by atoms with Gasteiger partial charge in [0.25, 0.3) is 40.0 Å². The Morgan fingerprint density at radius 3 is 1.11 bits per heavy atom. The number of hydrogen-bond donors (Lipinski definition) is 12. The Bertz CT molecular complexity index is 5980. The van der Waals surface area contributed by atoms with Gasteiger partial charge in [0.05, 0.1) is 22.8 Å². The summed E-state index contributed by atoms with van der Waals surface area (Å²) in [5.41, 5.74) is 9.04. The minimum atomic E-state index is -0.407. The van der Waals surface area contributed by atoms with Gasteiger partial charge in [-0.15, -0.1) is 0 Å². The van der Waals surface area contributed by atoms with Crippen LogP contribution in [0.4, 0.5) is 68.4 Å². The lowest BCUT2D eigenvalue weighted by molar-refractivity contribution is -0.129. The van der Waals surface area contributed by atoms with E-state index in [0.717, 1.165) is 102 Å². The number of H-pyrrole nitrogens is 4. The van der Waals surface area contributed by atoms with Gasteiger partial charge in [-0.25, -0.2) is 44.7 Å². The average Bonchev–Trinajstić information content (AvgIpc) is 1.27. The number of urea groups is 1. The molecular weight excluding hydrogens is 1670 g/mol. The van der Waals surface area contributed by atoms with E-state index in [1.165, 1.54) is 38.8 Å². The van der Waals surface area contributed by atoms with Gasteiger partial charge in [-0.1, -0.05) is 0 Å². The van der Waals surface area contributed by atoms with Crippen molar-refractivity contribution < 1.29 is 28.7 Å². The van der Waals surface area contributed by atoms with Gasteiger partial charge in [0.15, 0.2) is 0 Å². The van der Waals surface area contributed by atoms with E-state index < -0.39 is 5.56 Å². The Morgan fingerprint density at radius 1 is 0.412 bits per heavy atom. The third kappa shape index (κ3) is 25.5. The zero-order chi connectivity index (χ0) is 92.5. The Balaban J connectivity index is 0.000000149. The summed E-state index contributed by atoms with van der Waals surface area (Å²) >= 11 is 0. The number of likely N-dealkylation sites (tertiary alicyclic amines) is 1. The van der Waals surface area contributed by atoms with Crippen LogP contribution in [-0.2, 0) is 9.53 Å². The van der Waals surface area contributed by atoms with Gasteiger partial charge < -0.3 is 96.6 Å². The van der Waals surface area contributed by atoms with Crippen molar-refractivity contribution in [1.29, 1.82) is 0 Å². The minimum absolute atomic E-state index is 0.0811. The Morgan fingerprint density at radius 2 is 0.763 bits per heavy atom. The number of rotatable bonds is 24. The monoisotopic (exact) mass is 1780 g/mol. The summed E-state index contributed by atoms with van der Waals surface area (Å²) in [5.74, 6) is 0.894. The van der Waals surface area contributed by atoms with E-state index in [9.17, 15) is 43.2 Å². The van der Waals surface area contributed by atoms with Crippen LogP contribution < -0.4 is 79.5 Å². The highest BCUT2D eigenvalue weighted by atomic mass is 16.5. The van der Waals surface area contributed by atoms with Crippen molar-refractivity contribution in [3.05, 3.63) is 229 Å². The molecule has 1 atom stereocenters. The molecule has 0 aliphatic carbocycles. The minimum Gasteiger partial charge on any atom is -0.385 e. The van der Waals surface area contributed by atoms with Crippen LogP contribution in [0.1, 0.15) is 90.9 Å². The van der Waals surface area contributed by atoms with Crippen LogP contribution in [0.5, 0.6) is 0 Å². The van der Waals surface area contributed by atoms with E-state index in [2.05, 4.69) is 153 Å². The molecule has 0 radical (unpaired) electrons. The van der Waals surface area contributed by atoms with Crippen LogP contribution in [0, 0.1) is 0 Å². The summed E-state index contributed by atoms with van der Waals surface area (Å²) in [4.78, 5) is 174. The number of nitrogens with one attached hydrogen (secondary N) is 12. The lowest BCUT2D eigenvalue weighted by Crippen LogP contribution is -2.55. The summed E-state index contributed by atoms with van der Waals surface area (Å²) in [6, 6.07) is 36.0. The maximum absolute atomic E-state index is 12.9. The van der Waals surface area contributed by atoms with Gasteiger partial charge in [-0.2, -0.15) is 0 Å². The van der Waals surface area contributed by atoms with Crippen molar-refractivity contribution in [3.8, 4) is 45.0 Å². The van der Waals surface area contributed by atoms with E-state index in [0.29, 0.717) is 118 Å². The number of aromatic amines is 4. The Kier molecular flexibility index (Phi) is 32.2. The lowest BCUT2D eigenvalue weighted by Gasteiger charge is -2.42. The zero-order valence-corrected chi connectivity index (χ0v) is 75.2. The molecule has 0 spiro atoms. The van der Waals surface area contributed by atoms with E-state index in [4.69, 9.17) is 4.74 Å². The van der Waals surface area contributed by atoms with Crippen LogP contribution in [0.2, 0.25) is 0 Å². The van der Waals surface area contributed by atoms with Gasteiger partial charge in [0.2, 0.25) is 29.7 Å². The fraction of sp³-hybridized carbons (Fsp3) is 0.366. The van der Waals surface area contributed by atoms with Crippen LogP contribution in [-0.4, -0.2) is 279 Å². The van der Waals surface area contributed by atoms with E-state index in [-0.39, 0.29) is 74.6 Å². The molecule has 3 aromatic carbocycles. The number of carbonyl (C=O) groups excluding carboxylic acids is 5. The second kappa shape index (κ2) is 44.9. The van der Waals surface area contributed by atoms with E-state index >= 15 is 0 Å². The predicted octanol–water partition coefficient (Wildman–Crippen LogP) is 9.09. The fourth-order valence-corrected chi connectivity index (χ4v) is 15.8. The molecule has 38 heteroatoms. The molecule has 131 heavy (non-hydrogen) atoms. The predicted molar refractivity (Wildman–Crippen MR) is 511 cm³/mol. The summed E-state index contributed by atoms with van der Waals surface area (Å²) in [5, 5.41) is 22.4. The first-order valence-corrected chi connectivity index (χ1v) is 43.9. The van der Waals surface area contributed by atoms with Gasteiger partial charge >= 0.3 is 6.03 Å². The number of amides is 6. The van der Waals surface area contributed by atoms with Crippen molar-refractivity contribution in [3.63, 3.8) is 0 Å². The number of nitrogens with zero attached hydrogens (tertiary/aromatic N) is 16. The summed E-state index contributed by atoms with van der Waals surface area (Å²) in [6.45, 7) is 24.1. The number of aromatic nitrogens is 12. The Labute approximate surface area is 758 Å². The highest BCUT2D eigenvalue weighted by Crippen LogP contribution is 2.31. The van der Waals surface area contributed by atoms with Gasteiger partial charge in [-0.05, 0) is 187 Å².